The number of halogens is 1. The summed E-state index contributed by atoms with van der Waals surface area (Å²) in [5.74, 6) is -1.83. The Balaban J connectivity index is 1.72. The van der Waals surface area contributed by atoms with Gasteiger partial charge in [0.2, 0.25) is 0 Å². The molecule has 28 heavy (non-hydrogen) atoms. The molecule has 0 radical (unpaired) electrons. The number of rotatable bonds is 7. The number of ether oxygens (including phenoxy) is 1. The molecule has 0 spiro atoms. The third-order valence-electron chi connectivity index (χ3n) is 3.70. The fraction of sp³-hybridized carbons (Fsp3) is 0.0588. The number of aromatic nitrogens is 1. The molecule has 0 fully saturated rings. The molecule has 1 amide bonds. The second kappa shape index (κ2) is 7.89. The maximum Gasteiger partial charge on any atom is 0.341 e. The van der Waals surface area contributed by atoms with Gasteiger partial charge < -0.3 is 14.8 Å². The quantitative estimate of drug-likeness (QED) is 0.428. The van der Waals surface area contributed by atoms with Gasteiger partial charge in [0.1, 0.15) is 5.75 Å². The smallest absolute Gasteiger partial charge is 0.341 e. The molecule has 146 valence electrons. The Morgan fingerprint density at radius 2 is 1.93 bits per heavy atom. The molecule has 0 aliphatic rings. The highest BCUT2D eigenvalue weighted by Gasteiger charge is 2.19. The Labute approximate surface area is 164 Å². The van der Waals surface area contributed by atoms with Gasteiger partial charge in [0, 0.05) is 17.1 Å². The van der Waals surface area contributed by atoms with Crippen LogP contribution in [0.4, 0.5) is 0 Å². The number of hydrazine groups is 1. The lowest BCUT2D eigenvalue weighted by Gasteiger charge is -2.10. The van der Waals surface area contributed by atoms with E-state index in [0.717, 1.165) is 11.6 Å². The fourth-order valence-electron chi connectivity index (χ4n) is 2.40. The van der Waals surface area contributed by atoms with E-state index in [1.165, 1.54) is 18.3 Å². The van der Waals surface area contributed by atoms with Crippen LogP contribution in [0.15, 0.2) is 53.6 Å². The minimum atomic E-state index is -4.12. The summed E-state index contributed by atoms with van der Waals surface area (Å²) in [7, 11) is -4.12. The van der Waals surface area contributed by atoms with E-state index in [9.17, 15) is 18.0 Å². The highest BCUT2D eigenvalue weighted by Crippen LogP contribution is 2.27. The molecule has 2 aromatic carbocycles. The summed E-state index contributed by atoms with van der Waals surface area (Å²) in [5, 5.41) is 9.15. The number of aromatic amines is 1. The number of para-hydroxylation sites is 1. The van der Waals surface area contributed by atoms with Crippen LogP contribution in [-0.4, -0.2) is 37.0 Å². The number of sulfonamides is 1. The van der Waals surface area contributed by atoms with Crippen molar-refractivity contribution in [3.8, 4) is 5.75 Å². The van der Waals surface area contributed by atoms with E-state index >= 15 is 0 Å². The van der Waals surface area contributed by atoms with Gasteiger partial charge in [0.05, 0.1) is 15.5 Å². The van der Waals surface area contributed by atoms with Crippen LogP contribution in [0.2, 0.25) is 5.02 Å². The van der Waals surface area contributed by atoms with E-state index in [2.05, 4.69) is 10.4 Å². The van der Waals surface area contributed by atoms with E-state index < -0.39 is 28.5 Å². The van der Waals surface area contributed by atoms with Crippen LogP contribution in [0.25, 0.3) is 10.9 Å². The van der Waals surface area contributed by atoms with Gasteiger partial charge in [-0.3, -0.25) is 10.2 Å². The van der Waals surface area contributed by atoms with Crippen molar-refractivity contribution in [2.75, 3.05) is 6.61 Å². The highest BCUT2D eigenvalue weighted by molar-refractivity contribution is 7.89. The Morgan fingerprint density at radius 1 is 1.18 bits per heavy atom. The number of nitrogens with one attached hydrogen (secondary N) is 3. The topological polar surface area (TPSA) is 138 Å². The normalized spacial score (nSPS) is 11.3. The van der Waals surface area contributed by atoms with Crippen molar-refractivity contribution in [3.63, 3.8) is 0 Å². The number of H-pyrrole nitrogens is 1. The van der Waals surface area contributed by atoms with E-state index in [1.54, 1.807) is 24.3 Å². The van der Waals surface area contributed by atoms with E-state index in [0.29, 0.717) is 5.39 Å². The van der Waals surface area contributed by atoms with Crippen LogP contribution in [0.3, 0.4) is 0 Å². The third-order valence-corrected chi connectivity index (χ3v) is 5.24. The molecule has 0 aliphatic carbocycles. The average molecular weight is 424 g/mol. The van der Waals surface area contributed by atoms with Crippen molar-refractivity contribution in [1.29, 1.82) is 0 Å². The SMILES string of the molecule is O=C(O)COc1ccc(S(=O)(=O)NNC(=O)c2c[nH]c3ccccc23)cc1Cl. The van der Waals surface area contributed by atoms with Crippen molar-refractivity contribution in [2.24, 2.45) is 0 Å². The monoisotopic (exact) mass is 423 g/mol. The van der Waals surface area contributed by atoms with E-state index in [4.69, 9.17) is 21.4 Å². The molecule has 1 aromatic heterocycles. The van der Waals surface area contributed by atoms with Gasteiger partial charge in [-0.05, 0) is 24.3 Å². The van der Waals surface area contributed by atoms with Gasteiger partial charge in [-0.25, -0.2) is 13.2 Å². The number of carbonyl (C=O) groups is 2. The van der Waals surface area contributed by atoms with Crippen LogP contribution in [0.5, 0.6) is 5.75 Å². The zero-order valence-corrected chi connectivity index (χ0v) is 15.7. The molecule has 0 unspecified atom stereocenters. The lowest BCUT2D eigenvalue weighted by molar-refractivity contribution is -0.139. The minimum Gasteiger partial charge on any atom is -0.480 e. The molecule has 0 atom stereocenters. The second-order valence-corrected chi connectivity index (χ2v) is 7.67. The molecule has 1 heterocycles. The first kappa shape index (κ1) is 19.7. The molecule has 9 nitrogen and oxygen atoms in total. The number of carboxylic acid groups (broad SMARTS) is 1. The lowest BCUT2D eigenvalue weighted by Crippen LogP contribution is -2.41. The Hall–Kier alpha value is -3.08. The second-order valence-electron chi connectivity index (χ2n) is 5.58. The molecule has 3 aromatic rings. The number of benzene rings is 2. The van der Waals surface area contributed by atoms with E-state index in [-0.39, 0.29) is 21.2 Å². The highest BCUT2D eigenvalue weighted by atomic mass is 35.5. The van der Waals surface area contributed by atoms with Crippen LogP contribution < -0.4 is 15.0 Å². The van der Waals surface area contributed by atoms with Gasteiger partial charge in [0.25, 0.3) is 15.9 Å². The zero-order valence-electron chi connectivity index (χ0n) is 14.1. The summed E-state index contributed by atoms with van der Waals surface area (Å²) in [5.41, 5.74) is 3.15. The summed E-state index contributed by atoms with van der Waals surface area (Å²) in [6, 6.07) is 10.5. The summed E-state index contributed by atoms with van der Waals surface area (Å²) in [6.07, 6.45) is 1.47. The summed E-state index contributed by atoms with van der Waals surface area (Å²) in [6.45, 7) is -0.620. The number of carboxylic acids is 1. The first-order chi connectivity index (χ1) is 13.3. The summed E-state index contributed by atoms with van der Waals surface area (Å²) in [4.78, 5) is 27.5. The maximum absolute atomic E-state index is 12.4. The number of carbonyl (C=O) groups excluding carboxylic acids is 1. The molecular weight excluding hydrogens is 410 g/mol. The molecule has 0 saturated carbocycles. The van der Waals surface area contributed by atoms with Crippen molar-refractivity contribution in [2.45, 2.75) is 4.90 Å². The zero-order chi connectivity index (χ0) is 20.3. The Morgan fingerprint density at radius 3 is 2.64 bits per heavy atom. The minimum absolute atomic E-state index is 0.0193. The largest absolute Gasteiger partial charge is 0.480 e. The number of hydrogen-bond donors (Lipinski definition) is 4. The predicted molar refractivity (Wildman–Crippen MR) is 101 cm³/mol. The first-order valence-electron chi connectivity index (χ1n) is 7.80. The molecule has 11 heteroatoms. The molecule has 0 saturated heterocycles. The van der Waals surface area contributed by atoms with E-state index in [1.807, 2.05) is 4.83 Å². The lowest BCUT2D eigenvalue weighted by atomic mass is 10.2. The number of fused-ring (bicyclic) bond motifs is 1. The summed E-state index contributed by atoms with van der Waals surface area (Å²) < 4.78 is 29.7. The van der Waals surface area contributed by atoms with Gasteiger partial charge in [-0.1, -0.05) is 29.8 Å². The Bertz CT molecular complexity index is 1160. The standard InChI is InChI=1S/C17H14ClN3O6S/c18-13-7-10(5-6-15(13)27-9-16(22)23)28(25,26)21-20-17(24)12-8-19-14-4-2-1-3-11(12)14/h1-8,19,21H,9H2,(H,20,24)(H,22,23). The predicted octanol–water partition coefficient (Wildman–Crippen LogP) is 1.91. The van der Waals surface area contributed by atoms with Gasteiger partial charge in [-0.15, -0.1) is 4.83 Å². The number of amides is 1. The van der Waals surface area contributed by atoms with Crippen LogP contribution >= 0.6 is 11.6 Å². The molecule has 0 aliphatic heterocycles. The maximum atomic E-state index is 12.4. The van der Waals surface area contributed by atoms with Crippen molar-refractivity contribution in [3.05, 3.63) is 59.2 Å². The molecule has 3 rings (SSSR count). The Kier molecular flexibility index (Phi) is 5.54. The third kappa shape index (κ3) is 4.25. The van der Waals surface area contributed by atoms with Crippen molar-refractivity contribution >= 4 is 44.4 Å². The average Bonchev–Trinajstić information content (AvgIpc) is 3.09. The number of aliphatic carboxylic acids is 1. The van der Waals surface area contributed by atoms with Crippen LogP contribution in [-0.2, 0) is 14.8 Å². The van der Waals surface area contributed by atoms with Gasteiger partial charge in [0.15, 0.2) is 6.61 Å². The molecular formula is C17H14ClN3O6S. The first-order valence-corrected chi connectivity index (χ1v) is 9.66. The van der Waals surface area contributed by atoms with Crippen LogP contribution in [0, 0.1) is 0 Å². The molecule has 4 N–H and O–H groups in total. The summed E-state index contributed by atoms with van der Waals surface area (Å²) >= 11 is 5.93. The fourth-order valence-corrected chi connectivity index (χ4v) is 3.57. The molecule has 0 bridgehead atoms. The van der Waals surface area contributed by atoms with Crippen molar-refractivity contribution < 1.29 is 27.9 Å². The van der Waals surface area contributed by atoms with Gasteiger partial charge in [-0.2, -0.15) is 0 Å². The van der Waals surface area contributed by atoms with Crippen molar-refractivity contribution in [1.82, 2.24) is 15.2 Å². The van der Waals surface area contributed by atoms with Crippen LogP contribution in [0.1, 0.15) is 10.4 Å². The number of hydrogen-bond acceptors (Lipinski definition) is 5. The van der Waals surface area contributed by atoms with Gasteiger partial charge >= 0.3 is 5.97 Å².